The topological polar surface area (TPSA) is 95.0 Å². The Morgan fingerprint density at radius 3 is 2.38 bits per heavy atom. The molecule has 2 aliphatic carbocycles. The number of rotatable bonds is 5. The van der Waals surface area contributed by atoms with E-state index in [1.54, 1.807) is 24.3 Å². The average molecular weight is 645 g/mol. The third-order valence-corrected chi connectivity index (χ3v) is 11.2. The second-order valence-electron chi connectivity index (χ2n) is 13.1. The summed E-state index contributed by atoms with van der Waals surface area (Å²) >= 11 is 6.39. The molecule has 7 nitrogen and oxygen atoms in total. The van der Waals surface area contributed by atoms with Crippen molar-refractivity contribution in [3.8, 4) is 5.75 Å². The minimum atomic E-state index is -1.44. The van der Waals surface area contributed by atoms with Gasteiger partial charge < -0.3 is 5.11 Å². The molecule has 2 heterocycles. The minimum Gasteiger partial charge on any atom is -0.507 e. The van der Waals surface area contributed by atoms with Crippen LogP contribution in [0.2, 0.25) is 5.02 Å². The van der Waals surface area contributed by atoms with Crippen LogP contribution in [0.3, 0.4) is 0 Å². The zero-order valence-corrected chi connectivity index (χ0v) is 26.6. The van der Waals surface area contributed by atoms with Crippen LogP contribution in [0.1, 0.15) is 43.2 Å². The fourth-order valence-corrected chi connectivity index (χ4v) is 9.29. The zero-order valence-electron chi connectivity index (χ0n) is 25.8. The fraction of sp³-hybridized carbons (Fsp3) is 0.282. The third kappa shape index (κ3) is 4.05. The minimum absolute atomic E-state index is 0.0359. The third-order valence-electron chi connectivity index (χ3n) is 10.9. The largest absolute Gasteiger partial charge is 0.507 e. The van der Waals surface area contributed by atoms with Crippen LogP contribution in [0, 0.1) is 23.7 Å². The number of amides is 4. The molecule has 47 heavy (non-hydrogen) atoms. The van der Waals surface area contributed by atoms with Crippen LogP contribution in [0.4, 0.5) is 5.69 Å². The van der Waals surface area contributed by atoms with Gasteiger partial charge >= 0.3 is 0 Å². The van der Waals surface area contributed by atoms with E-state index in [1.165, 1.54) is 9.80 Å². The molecule has 1 N–H and O–H groups in total. The highest BCUT2D eigenvalue weighted by Crippen LogP contribution is 2.65. The quantitative estimate of drug-likeness (QED) is 0.191. The first-order valence-corrected chi connectivity index (χ1v) is 16.6. The van der Waals surface area contributed by atoms with Crippen molar-refractivity contribution in [3.05, 3.63) is 119 Å². The number of benzene rings is 4. The van der Waals surface area contributed by atoms with Gasteiger partial charge in [0, 0.05) is 28.4 Å². The molecule has 1 saturated carbocycles. The van der Waals surface area contributed by atoms with Gasteiger partial charge in [-0.1, -0.05) is 103 Å². The lowest BCUT2D eigenvalue weighted by Gasteiger charge is -2.50. The number of phenolic OH excluding ortho intramolecular Hbond substituents is 1. The summed E-state index contributed by atoms with van der Waals surface area (Å²) in [4.78, 5) is 60.4. The van der Waals surface area contributed by atoms with Crippen molar-refractivity contribution < 1.29 is 24.3 Å². The first kappa shape index (κ1) is 29.6. The van der Waals surface area contributed by atoms with E-state index in [9.17, 15) is 19.5 Å². The lowest BCUT2D eigenvalue weighted by molar-refractivity contribution is -0.140. The van der Waals surface area contributed by atoms with Crippen molar-refractivity contribution in [1.29, 1.82) is 0 Å². The summed E-state index contributed by atoms with van der Waals surface area (Å²) in [6, 6.07) is 27.3. The number of fused-ring (bicyclic) bond motifs is 5. The summed E-state index contributed by atoms with van der Waals surface area (Å²) in [6.45, 7) is 2.28. The smallest absolute Gasteiger partial charge is 0.246 e. The van der Waals surface area contributed by atoms with Gasteiger partial charge in [0.2, 0.25) is 23.6 Å². The van der Waals surface area contributed by atoms with Crippen LogP contribution in [-0.2, 0) is 24.6 Å². The predicted octanol–water partition coefficient (Wildman–Crippen LogP) is 6.77. The molecule has 4 aliphatic rings. The number of aromatic hydroxyl groups is 1. The maximum atomic E-state index is 15.3. The van der Waals surface area contributed by atoms with Crippen LogP contribution in [0.5, 0.6) is 5.75 Å². The summed E-state index contributed by atoms with van der Waals surface area (Å²) in [5.41, 5.74) is 0.932. The lowest BCUT2D eigenvalue weighted by Crippen LogP contribution is -2.53. The maximum Gasteiger partial charge on any atom is 0.246 e. The summed E-state index contributed by atoms with van der Waals surface area (Å²) < 4.78 is 0. The molecule has 6 atom stereocenters. The number of anilines is 1. The number of allylic oxidation sites excluding steroid dienone is 2. The second-order valence-corrected chi connectivity index (χ2v) is 13.6. The van der Waals surface area contributed by atoms with Crippen molar-refractivity contribution in [2.24, 2.45) is 23.7 Å². The molecule has 8 rings (SSSR count). The second kappa shape index (κ2) is 10.9. The first-order valence-electron chi connectivity index (χ1n) is 16.2. The number of carbonyl (C=O) groups excluding carboxylic acids is 4. The molecule has 4 amide bonds. The highest BCUT2D eigenvalue weighted by atomic mass is 35.5. The molecule has 0 radical (unpaired) electrons. The van der Waals surface area contributed by atoms with Gasteiger partial charge in [0.05, 0.1) is 28.9 Å². The van der Waals surface area contributed by atoms with Crippen molar-refractivity contribution in [1.82, 2.24) is 4.90 Å². The van der Waals surface area contributed by atoms with Crippen LogP contribution in [-0.4, -0.2) is 40.2 Å². The van der Waals surface area contributed by atoms with E-state index in [0.29, 0.717) is 46.6 Å². The van der Waals surface area contributed by atoms with E-state index < -0.39 is 40.9 Å². The zero-order chi connectivity index (χ0) is 32.6. The number of phenols is 1. The predicted molar refractivity (Wildman–Crippen MR) is 179 cm³/mol. The molecule has 2 aliphatic heterocycles. The van der Waals surface area contributed by atoms with Crippen LogP contribution >= 0.6 is 11.6 Å². The number of hydrogen-bond donors (Lipinski definition) is 1. The number of likely N-dealkylation sites (tertiary alicyclic amines) is 1. The molecule has 236 valence electrons. The van der Waals surface area contributed by atoms with Crippen molar-refractivity contribution in [2.75, 3.05) is 11.4 Å². The van der Waals surface area contributed by atoms with Crippen LogP contribution in [0.15, 0.2) is 103 Å². The van der Waals surface area contributed by atoms with Crippen molar-refractivity contribution >= 4 is 51.7 Å². The van der Waals surface area contributed by atoms with E-state index in [-0.39, 0.29) is 29.9 Å². The maximum absolute atomic E-state index is 15.3. The number of nitrogens with zero attached hydrogens (tertiary/aromatic N) is 2. The Kier molecular flexibility index (Phi) is 6.88. The highest BCUT2D eigenvalue weighted by molar-refractivity contribution is 6.32. The Balaban J connectivity index is 1.42. The monoisotopic (exact) mass is 644 g/mol. The van der Waals surface area contributed by atoms with Gasteiger partial charge in [-0.15, -0.1) is 0 Å². The van der Waals surface area contributed by atoms with E-state index in [4.69, 9.17) is 11.6 Å². The van der Waals surface area contributed by atoms with Gasteiger partial charge in [0.15, 0.2) is 0 Å². The number of hydrogen-bond acceptors (Lipinski definition) is 5. The van der Waals surface area contributed by atoms with Crippen molar-refractivity contribution in [3.63, 3.8) is 0 Å². The van der Waals surface area contributed by atoms with Gasteiger partial charge in [0.1, 0.15) is 5.75 Å². The van der Waals surface area contributed by atoms with Crippen LogP contribution < -0.4 is 4.90 Å². The Morgan fingerprint density at radius 2 is 1.62 bits per heavy atom. The standard InChI is InChI=1S/C39H33ClN2O5/c1-2-19-41-35(44)28-18-17-27-30(32(28)37(41)46)21-31-36(45)42(25-13-8-12-24(40)20-25)38(47)39(31,23-10-4-3-5-11-23)33(27)29-16-15-22-9-6-7-14-26(22)34(29)43/h3-17,20,28,30-33,43H,2,18-19,21H2,1H3. The van der Waals surface area contributed by atoms with E-state index in [2.05, 4.69) is 0 Å². The summed E-state index contributed by atoms with van der Waals surface area (Å²) in [5.74, 6) is -4.43. The number of halogens is 1. The fourth-order valence-electron chi connectivity index (χ4n) is 9.10. The van der Waals surface area contributed by atoms with Gasteiger partial charge in [-0.05, 0) is 54.3 Å². The van der Waals surface area contributed by atoms with E-state index >= 15 is 4.79 Å². The number of carbonyl (C=O) groups is 4. The first-order chi connectivity index (χ1) is 22.8. The molecule has 0 aromatic heterocycles. The van der Waals surface area contributed by atoms with Crippen LogP contribution in [0.25, 0.3) is 10.8 Å². The molecule has 0 spiro atoms. The molecule has 4 aromatic rings. The van der Waals surface area contributed by atoms with E-state index in [0.717, 1.165) is 11.0 Å². The SMILES string of the molecule is CCCN1C(=O)C2CC=C3C(CC4C(=O)N(c5cccc(Cl)c5)C(=O)C4(c4ccccc4)C3c3ccc4ccccc4c3O)C2C1=O. The van der Waals surface area contributed by atoms with E-state index in [1.807, 2.05) is 79.7 Å². The molecule has 0 bridgehead atoms. The summed E-state index contributed by atoms with van der Waals surface area (Å²) in [5, 5.41) is 13.9. The molecule has 6 unspecified atom stereocenters. The summed E-state index contributed by atoms with van der Waals surface area (Å²) in [7, 11) is 0. The van der Waals surface area contributed by atoms with Crippen molar-refractivity contribution in [2.45, 2.75) is 37.5 Å². The lowest BCUT2D eigenvalue weighted by atomic mass is 9.49. The van der Waals surface area contributed by atoms with Gasteiger partial charge in [-0.25, -0.2) is 4.90 Å². The highest BCUT2D eigenvalue weighted by Gasteiger charge is 2.70. The summed E-state index contributed by atoms with van der Waals surface area (Å²) in [6.07, 6.45) is 3.23. The average Bonchev–Trinajstić information content (AvgIpc) is 3.46. The molecule has 4 aromatic carbocycles. The molecule has 8 heteroatoms. The number of imide groups is 2. The van der Waals surface area contributed by atoms with Gasteiger partial charge in [0.25, 0.3) is 0 Å². The Hall–Kier alpha value is -4.75. The molecule has 3 fully saturated rings. The van der Waals surface area contributed by atoms with Gasteiger partial charge in [-0.3, -0.25) is 24.1 Å². The Labute approximate surface area is 277 Å². The molecular weight excluding hydrogens is 612 g/mol. The molecule has 2 saturated heterocycles. The Morgan fingerprint density at radius 1 is 0.851 bits per heavy atom. The molecular formula is C39H33ClN2O5. The Bertz CT molecular complexity index is 2020. The normalized spacial score (nSPS) is 28.4. The van der Waals surface area contributed by atoms with Gasteiger partial charge in [-0.2, -0.15) is 0 Å².